The third kappa shape index (κ3) is 5.54. The van der Waals surface area contributed by atoms with Gasteiger partial charge in [0.2, 0.25) is 11.5 Å². The molecule has 0 radical (unpaired) electrons. The monoisotopic (exact) mass is 698 g/mol. The topological polar surface area (TPSA) is 87.5 Å². The maximum absolute atomic E-state index is 16.6. The summed E-state index contributed by atoms with van der Waals surface area (Å²) in [7, 11) is 1.60. The zero-order valence-corrected chi connectivity index (χ0v) is 28.8. The Morgan fingerprint density at radius 2 is 1.52 bits per heavy atom. The maximum atomic E-state index is 16.6. The van der Waals surface area contributed by atoms with Crippen molar-refractivity contribution in [2.45, 2.75) is 43.5 Å². The predicted molar refractivity (Wildman–Crippen MR) is 194 cm³/mol. The van der Waals surface area contributed by atoms with Crippen LogP contribution in [0.5, 0.6) is 5.75 Å². The number of esters is 1. The van der Waals surface area contributed by atoms with E-state index in [1.807, 2.05) is 84.9 Å². The number of methoxy groups -OCH3 is 1. The Bertz CT molecular complexity index is 2200. The van der Waals surface area contributed by atoms with Gasteiger partial charge in [0, 0.05) is 12.6 Å². The number of terminal acetylenes is 1. The molecule has 0 bridgehead atoms. The number of hydrogen-bond acceptors (Lipinski definition) is 7. The third-order valence-electron chi connectivity index (χ3n) is 10.0. The number of fused-ring (bicyclic) bond motifs is 1. The average molecular weight is 699 g/mol. The highest BCUT2D eigenvalue weighted by molar-refractivity contribution is 5.91. The molecule has 4 atom stereocenters. The fraction of sp³-hybridized carbons (Fsp3) is 0.214. The number of carbonyl (C=O) groups is 1. The van der Waals surface area contributed by atoms with Crippen molar-refractivity contribution in [2.75, 3.05) is 12.4 Å². The molecular weight excluding hydrogens is 662 g/mol. The number of alkyl halides is 1. The molecule has 1 aliphatic rings. The summed E-state index contributed by atoms with van der Waals surface area (Å²) in [6, 6.07) is 35.3. The lowest BCUT2D eigenvalue weighted by molar-refractivity contribution is -0.173. The van der Waals surface area contributed by atoms with Crippen LogP contribution in [0.3, 0.4) is 0 Å². The van der Waals surface area contributed by atoms with Gasteiger partial charge in [0.1, 0.15) is 23.4 Å². The summed E-state index contributed by atoms with van der Waals surface area (Å²) < 4.78 is 52.0. The van der Waals surface area contributed by atoms with E-state index in [4.69, 9.17) is 20.6 Å². The number of benzene rings is 4. The van der Waals surface area contributed by atoms with Crippen LogP contribution >= 0.6 is 0 Å². The molecule has 0 spiro atoms. The minimum Gasteiger partial charge on any atom is -0.497 e. The Morgan fingerprint density at radius 1 is 0.942 bits per heavy atom. The van der Waals surface area contributed by atoms with Crippen LogP contribution in [0, 0.1) is 24.1 Å². The number of hydrogen-bond donors (Lipinski definition) is 1. The van der Waals surface area contributed by atoms with Gasteiger partial charge in [0.25, 0.3) is 0 Å². The Balaban J connectivity index is 1.41. The SMILES string of the molecule is C#C[C@]1(OC(=O)c2ccccc2)[C@H](n2cc(F)c3c(NC(c4ccccc4)(c4ccccc4)c4ccc(OC)cc4)ncnc32)O[C@](F)(CC)[C@H]1C. The molecule has 3 heterocycles. The maximum Gasteiger partial charge on any atom is 0.339 e. The quantitative estimate of drug-likeness (QED) is 0.0873. The van der Waals surface area contributed by atoms with Crippen molar-refractivity contribution >= 4 is 22.8 Å². The van der Waals surface area contributed by atoms with Crippen molar-refractivity contribution in [3.63, 3.8) is 0 Å². The van der Waals surface area contributed by atoms with E-state index >= 15 is 8.78 Å². The first-order valence-electron chi connectivity index (χ1n) is 16.9. The van der Waals surface area contributed by atoms with E-state index in [-0.39, 0.29) is 28.8 Å². The summed E-state index contributed by atoms with van der Waals surface area (Å²) in [4.78, 5) is 22.5. The van der Waals surface area contributed by atoms with E-state index in [1.54, 1.807) is 44.4 Å². The lowest BCUT2D eigenvalue weighted by Gasteiger charge is -2.37. The van der Waals surface area contributed by atoms with E-state index in [2.05, 4.69) is 21.2 Å². The van der Waals surface area contributed by atoms with Crippen LogP contribution < -0.4 is 10.1 Å². The van der Waals surface area contributed by atoms with Gasteiger partial charge in [0.15, 0.2) is 17.7 Å². The van der Waals surface area contributed by atoms with Gasteiger partial charge in [-0.25, -0.2) is 23.5 Å². The molecule has 262 valence electrons. The first kappa shape index (κ1) is 34.4. The zero-order valence-electron chi connectivity index (χ0n) is 28.8. The number of anilines is 1. The molecule has 2 aromatic heterocycles. The number of nitrogens with one attached hydrogen (secondary N) is 1. The van der Waals surface area contributed by atoms with Gasteiger partial charge in [-0.05, 0) is 41.0 Å². The van der Waals surface area contributed by atoms with Crippen molar-refractivity contribution in [3.05, 3.63) is 156 Å². The van der Waals surface area contributed by atoms with Gasteiger partial charge in [-0.15, -0.1) is 6.42 Å². The number of rotatable bonds is 10. The lowest BCUT2D eigenvalue weighted by atomic mass is 9.77. The highest BCUT2D eigenvalue weighted by atomic mass is 19.2. The molecule has 0 saturated carbocycles. The number of carbonyl (C=O) groups excluding carboxylic acids is 1. The fourth-order valence-electron chi connectivity index (χ4n) is 7.14. The molecule has 0 aliphatic carbocycles. The van der Waals surface area contributed by atoms with Crippen LogP contribution in [0.15, 0.2) is 128 Å². The highest BCUT2D eigenvalue weighted by Crippen LogP contribution is 2.54. The van der Waals surface area contributed by atoms with Crippen LogP contribution in [0.1, 0.15) is 53.5 Å². The van der Waals surface area contributed by atoms with Gasteiger partial charge >= 0.3 is 5.97 Å². The molecule has 7 rings (SSSR count). The van der Waals surface area contributed by atoms with Crippen molar-refractivity contribution in [3.8, 4) is 18.1 Å². The van der Waals surface area contributed by atoms with Crippen LogP contribution in [0.2, 0.25) is 0 Å². The summed E-state index contributed by atoms with van der Waals surface area (Å²) in [5, 5.41) is 3.60. The third-order valence-corrected chi connectivity index (χ3v) is 10.0. The standard InChI is InChI=1S/C42H36F2N4O4/c1-5-40(51-38(49)29-16-10-7-11-17-29)28(3)41(44,6-2)52-39(40)48-26-34(43)35-36(45-27-46-37(35)48)47-42(30-18-12-8-13-19-30,31-20-14-9-15-21-31)32-22-24-33(50-4)25-23-32/h1,7-28,39H,6H2,2-4H3,(H,45,46,47)/t28-,39+,40+,41+/m0/s1. The van der Waals surface area contributed by atoms with Gasteiger partial charge in [-0.1, -0.05) is 111 Å². The number of halogens is 2. The lowest BCUT2D eigenvalue weighted by Crippen LogP contribution is -2.46. The molecule has 8 nitrogen and oxygen atoms in total. The van der Waals surface area contributed by atoms with Gasteiger partial charge in [0.05, 0.1) is 24.0 Å². The summed E-state index contributed by atoms with van der Waals surface area (Å²) >= 11 is 0. The molecule has 1 aliphatic heterocycles. The Labute approximate surface area is 300 Å². The van der Waals surface area contributed by atoms with Crippen molar-refractivity contribution in [1.29, 1.82) is 0 Å². The number of aromatic nitrogens is 3. The van der Waals surface area contributed by atoms with Crippen LogP contribution in [-0.2, 0) is 15.0 Å². The summed E-state index contributed by atoms with van der Waals surface area (Å²) in [5.41, 5.74) is -0.333. The van der Waals surface area contributed by atoms with Gasteiger partial charge in [-0.3, -0.25) is 4.57 Å². The Kier molecular flexibility index (Phi) is 8.99. The van der Waals surface area contributed by atoms with E-state index in [0.717, 1.165) is 22.9 Å². The Morgan fingerprint density at radius 3 is 2.08 bits per heavy atom. The molecular formula is C42H36F2N4O4. The highest BCUT2D eigenvalue weighted by Gasteiger charge is 2.65. The van der Waals surface area contributed by atoms with E-state index in [0.29, 0.717) is 5.75 Å². The molecule has 1 saturated heterocycles. The van der Waals surface area contributed by atoms with Crippen molar-refractivity contribution in [2.24, 2.45) is 5.92 Å². The second-order valence-corrected chi connectivity index (χ2v) is 12.7. The molecule has 1 fully saturated rings. The van der Waals surface area contributed by atoms with E-state index in [1.165, 1.54) is 17.8 Å². The normalized spacial score (nSPS) is 21.4. The number of nitrogens with zero attached hydrogens (tertiary/aromatic N) is 3. The predicted octanol–water partition coefficient (Wildman–Crippen LogP) is 8.45. The van der Waals surface area contributed by atoms with Crippen LogP contribution in [0.25, 0.3) is 11.0 Å². The largest absolute Gasteiger partial charge is 0.497 e. The van der Waals surface area contributed by atoms with Crippen LogP contribution in [0.4, 0.5) is 14.6 Å². The fourth-order valence-corrected chi connectivity index (χ4v) is 7.14. The smallest absolute Gasteiger partial charge is 0.339 e. The molecule has 6 aromatic rings. The molecule has 0 amide bonds. The summed E-state index contributed by atoms with van der Waals surface area (Å²) in [6.45, 7) is 3.12. The van der Waals surface area contributed by atoms with Crippen LogP contribution in [-0.4, -0.2) is 39.1 Å². The van der Waals surface area contributed by atoms with E-state index in [9.17, 15) is 4.79 Å². The zero-order chi connectivity index (χ0) is 36.5. The first-order chi connectivity index (χ1) is 25.2. The summed E-state index contributed by atoms with van der Waals surface area (Å²) in [5.74, 6) is -1.62. The molecule has 4 aromatic carbocycles. The minimum atomic E-state index is -2.32. The van der Waals surface area contributed by atoms with Crippen molar-refractivity contribution < 1.29 is 27.8 Å². The molecule has 1 N–H and O–H groups in total. The first-order valence-corrected chi connectivity index (χ1v) is 16.9. The molecule has 10 heteroatoms. The average Bonchev–Trinajstić information content (AvgIpc) is 3.65. The number of ether oxygens (including phenoxy) is 3. The second kappa shape index (κ2) is 13.6. The second-order valence-electron chi connectivity index (χ2n) is 12.7. The summed E-state index contributed by atoms with van der Waals surface area (Å²) in [6.07, 6.45) is 6.94. The van der Waals surface area contributed by atoms with Gasteiger partial charge < -0.3 is 19.5 Å². The molecule has 0 unspecified atom stereocenters. The van der Waals surface area contributed by atoms with Crippen molar-refractivity contribution in [1.82, 2.24) is 14.5 Å². The van der Waals surface area contributed by atoms with E-state index < -0.39 is 40.9 Å². The molecule has 52 heavy (non-hydrogen) atoms. The van der Waals surface area contributed by atoms with Gasteiger partial charge in [-0.2, -0.15) is 0 Å². The Hall–Kier alpha value is -6.05. The minimum absolute atomic E-state index is 0.00309.